The molecule has 1 aliphatic heterocycles. The van der Waals surface area contributed by atoms with Gasteiger partial charge >= 0.3 is 5.97 Å². The normalized spacial score (nSPS) is 19.5. The van der Waals surface area contributed by atoms with Crippen LogP contribution < -0.4 is 10.2 Å². The zero-order chi connectivity index (χ0) is 21.7. The van der Waals surface area contributed by atoms with Crippen LogP contribution in [0.2, 0.25) is 0 Å². The fourth-order valence-corrected chi connectivity index (χ4v) is 3.56. The number of amides is 2. The Morgan fingerprint density at radius 2 is 1.97 bits per heavy atom. The summed E-state index contributed by atoms with van der Waals surface area (Å²) in [6.45, 7) is 4.09. The summed E-state index contributed by atoms with van der Waals surface area (Å²) in [6, 6.07) is 6.04. The van der Waals surface area contributed by atoms with Gasteiger partial charge in [0.1, 0.15) is 6.04 Å². The molecule has 2 rings (SSSR count). The summed E-state index contributed by atoms with van der Waals surface area (Å²) < 4.78 is 11.2. The number of carbonyl (C=O) groups excluding carboxylic acids is 2. The smallest absolute Gasteiger partial charge is 0.328 e. The molecule has 0 spiro atoms. The molecule has 1 aliphatic rings. The van der Waals surface area contributed by atoms with Gasteiger partial charge in [0.2, 0.25) is 5.91 Å². The molecule has 1 aromatic carbocycles. The molecule has 2 amide bonds. The van der Waals surface area contributed by atoms with Gasteiger partial charge in [-0.2, -0.15) is 0 Å². The van der Waals surface area contributed by atoms with E-state index in [2.05, 4.69) is 10.3 Å². The largest absolute Gasteiger partial charge is 0.480 e. The van der Waals surface area contributed by atoms with E-state index in [9.17, 15) is 23.7 Å². The summed E-state index contributed by atoms with van der Waals surface area (Å²) in [4.78, 5) is 41.6. The highest BCUT2D eigenvalue weighted by Crippen LogP contribution is 2.23. The number of anilines is 1. The number of carbonyl (C=O) groups is 3. The van der Waals surface area contributed by atoms with E-state index < -0.39 is 40.5 Å². The number of aliphatic carboxylic acids is 1. The van der Waals surface area contributed by atoms with Crippen molar-refractivity contribution in [2.45, 2.75) is 32.2 Å². The van der Waals surface area contributed by atoms with Crippen molar-refractivity contribution in [3.05, 3.63) is 29.8 Å². The predicted octanol–water partition coefficient (Wildman–Crippen LogP) is 1.47. The molecule has 0 aliphatic carbocycles. The van der Waals surface area contributed by atoms with E-state index in [1.54, 1.807) is 12.1 Å². The van der Waals surface area contributed by atoms with Crippen molar-refractivity contribution >= 4 is 57.8 Å². The Morgan fingerprint density at radius 3 is 2.48 bits per heavy atom. The Morgan fingerprint density at radius 1 is 1.34 bits per heavy atom. The van der Waals surface area contributed by atoms with Crippen molar-refractivity contribution in [3.8, 4) is 0 Å². The molecule has 0 unspecified atom stereocenters. The van der Waals surface area contributed by atoms with E-state index in [1.807, 2.05) is 26.0 Å². The maximum absolute atomic E-state index is 12.9. The van der Waals surface area contributed by atoms with Gasteiger partial charge < -0.3 is 10.4 Å². The highest BCUT2D eigenvalue weighted by Gasteiger charge is 2.38. The minimum absolute atomic E-state index is 0.0380. The van der Waals surface area contributed by atoms with Crippen LogP contribution in [0.3, 0.4) is 0 Å². The number of benzene rings is 1. The second-order valence-corrected chi connectivity index (χ2v) is 8.85. The molecule has 8 nitrogen and oxygen atoms in total. The molecule has 10 heteroatoms. The first kappa shape index (κ1) is 22.8. The van der Waals surface area contributed by atoms with Gasteiger partial charge in [-0.1, -0.05) is 26.0 Å². The number of nitrogens with one attached hydrogen (secondary N) is 1. The lowest BCUT2D eigenvalue weighted by Crippen LogP contribution is -2.58. The van der Waals surface area contributed by atoms with Crippen LogP contribution in [-0.2, 0) is 25.2 Å². The summed E-state index contributed by atoms with van der Waals surface area (Å²) in [5.41, 5.74) is 1.59. The van der Waals surface area contributed by atoms with Crippen LogP contribution in [0.5, 0.6) is 0 Å². The monoisotopic (exact) mass is 437 g/mol. The van der Waals surface area contributed by atoms with Gasteiger partial charge in [0.15, 0.2) is 11.0 Å². The minimum Gasteiger partial charge on any atom is -0.480 e. The van der Waals surface area contributed by atoms with Crippen LogP contribution in [0.15, 0.2) is 29.3 Å². The van der Waals surface area contributed by atoms with E-state index in [1.165, 1.54) is 11.2 Å². The molecule has 0 radical (unpaired) electrons. The standard InChI is InChI=1S/C19H23N3O5S2/c1-11(2)12-4-6-13(7-5-12)22-17(24)14(16(23)21-19(22)28)10-20-15(18(25)26)8-9-29(3)27/h4-7,10-11,14-15H,8-9H2,1-3H3,(H,25,26)(H,21,23,28)/t14-,15+,29-/m1/s1. The second kappa shape index (κ2) is 9.84. The van der Waals surface area contributed by atoms with E-state index in [-0.39, 0.29) is 17.3 Å². The van der Waals surface area contributed by atoms with Gasteiger partial charge in [-0.3, -0.25) is 23.7 Å². The van der Waals surface area contributed by atoms with Crippen LogP contribution in [0.1, 0.15) is 31.7 Å². The maximum Gasteiger partial charge on any atom is 0.328 e. The number of carboxylic acids is 1. The van der Waals surface area contributed by atoms with Crippen LogP contribution in [-0.4, -0.2) is 56.5 Å². The van der Waals surface area contributed by atoms with Crippen LogP contribution in [0.25, 0.3) is 0 Å². The number of nitrogens with zero attached hydrogens (tertiary/aromatic N) is 2. The Labute approximate surface area is 176 Å². The highest BCUT2D eigenvalue weighted by molar-refractivity contribution is 7.84. The van der Waals surface area contributed by atoms with Crippen LogP contribution >= 0.6 is 12.2 Å². The molecule has 29 heavy (non-hydrogen) atoms. The summed E-state index contributed by atoms with van der Waals surface area (Å²) >= 11 is 5.15. The predicted molar refractivity (Wildman–Crippen MR) is 116 cm³/mol. The molecule has 1 aromatic rings. The fourth-order valence-electron chi connectivity index (χ4n) is 2.70. The van der Waals surface area contributed by atoms with Gasteiger partial charge in [0.25, 0.3) is 5.91 Å². The number of thiocarbonyl (C=S) groups is 1. The van der Waals surface area contributed by atoms with Crippen LogP contribution in [0, 0.1) is 5.92 Å². The number of aliphatic imine (C=N–C) groups is 1. The summed E-state index contributed by atoms with van der Waals surface area (Å²) in [5, 5.41) is 11.7. The van der Waals surface area contributed by atoms with Crippen molar-refractivity contribution in [2.75, 3.05) is 16.9 Å². The van der Waals surface area contributed by atoms with Crippen LogP contribution in [0.4, 0.5) is 5.69 Å². The van der Waals surface area contributed by atoms with Crippen molar-refractivity contribution in [1.82, 2.24) is 5.32 Å². The number of carboxylic acid groups (broad SMARTS) is 1. The maximum atomic E-state index is 12.9. The first-order valence-corrected chi connectivity index (χ1v) is 11.1. The third-order valence-electron chi connectivity index (χ3n) is 4.40. The minimum atomic E-state index is -1.31. The number of hydrogen-bond acceptors (Lipinski definition) is 6. The Hall–Kier alpha value is -2.46. The quantitative estimate of drug-likeness (QED) is 0.361. The fraction of sp³-hybridized carbons (Fsp3) is 0.421. The van der Waals surface area contributed by atoms with Crippen molar-refractivity contribution in [3.63, 3.8) is 0 Å². The Kier molecular flexibility index (Phi) is 7.74. The lowest BCUT2D eigenvalue weighted by Gasteiger charge is -2.31. The van der Waals surface area contributed by atoms with E-state index in [0.717, 1.165) is 11.8 Å². The molecular weight excluding hydrogens is 414 g/mol. The molecule has 2 N–H and O–H groups in total. The zero-order valence-corrected chi connectivity index (χ0v) is 18.0. The highest BCUT2D eigenvalue weighted by atomic mass is 32.2. The summed E-state index contributed by atoms with van der Waals surface area (Å²) in [6.07, 6.45) is 2.53. The first-order valence-electron chi connectivity index (χ1n) is 8.96. The number of hydrogen-bond donors (Lipinski definition) is 2. The SMILES string of the molecule is CC(C)c1ccc(N2C(=O)[C@H](C=N[C@@H](CC[S@@](C)=O)C(=O)O)C(=O)NC2=S)cc1. The average molecular weight is 438 g/mol. The molecular formula is C19H23N3O5S2. The molecule has 1 heterocycles. The van der Waals surface area contributed by atoms with E-state index >= 15 is 0 Å². The third-order valence-corrected chi connectivity index (χ3v) is 5.49. The van der Waals surface area contributed by atoms with E-state index in [0.29, 0.717) is 11.6 Å². The second-order valence-electron chi connectivity index (χ2n) is 6.91. The van der Waals surface area contributed by atoms with Gasteiger partial charge in [0.05, 0.1) is 5.69 Å². The van der Waals surface area contributed by atoms with E-state index in [4.69, 9.17) is 12.2 Å². The third kappa shape index (κ3) is 5.77. The Bertz CT molecular complexity index is 867. The van der Waals surface area contributed by atoms with Gasteiger partial charge in [-0.15, -0.1) is 0 Å². The van der Waals surface area contributed by atoms with Crippen molar-refractivity contribution in [1.29, 1.82) is 0 Å². The molecule has 0 saturated carbocycles. The molecule has 0 bridgehead atoms. The lowest BCUT2D eigenvalue weighted by atomic mass is 10.0. The van der Waals surface area contributed by atoms with Gasteiger partial charge in [0, 0.05) is 29.0 Å². The summed E-state index contributed by atoms with van der Waals surface area (Å²) in [7, 11) is -1.17. The molecule has 1 saturated heterocycles. The zero-order valence-electron chi connectivity index (χ0n) is 16.3. The number of rotatable bonds is 8. The first-order chi connectivity index (χ1) is 13.6. The molecule has 3 atom stereocenters. The van der Waals surface area contributed by atoms with Crippen molar-refractivity contribution in [2.24, 2.45) is 10.9 Å². The van der Waals surface area contributed by atoms with Gasteiger partial charge in [-0.25, -0.2) is 4.79 Å². The van der Waals surface area contributed by atoms with Crippen molar-refractivity contribution < 1.29 is 23.7 Å². The molecule has 1 fully saturated rings. The van der Waals surface area contributed by atoms with Gasteiger partial charge in [-0.05, 0) is 42.3 Å². The molecule has 156 valence electrons. The topological polar surface area (TPSA) is 116 Å². The summed E-state index contributed by atoms with van der Waals surface area (Å²) in [5.74, 6) is -3.33. The average Bonchev–Trinajstić information content (AvgIpc) is 2.63. The molecule has 0 aromatic heterocycles. The lowest BCUT2D eigenvalue weighted by molar-refractivity contribution is -0.138. The Balaban J connectivity index is 2.25.